The van der Waals surface area contributed by atoms with Gasteiger partial charge in [-0.2, -0.15) is 0 Å². The summed E-state index contributed by atoms with van der Waals surface area (Å²) in [5, 5.41) is 9.93. The van der Waals surface area contributed by atoms with Crippen molar-refractivity contribution < 1.29 is 13.5 Å². The van der Waals surface area contributed by atoms with Gasteiger partial charge in [-0.05, 0) is 18.6 Å². The molecule has 1 aromatic rings. The van der Waals surface area contributed by atoms with Crippen LogP contribution in [0.2, 0.25) is 0 Å². The number of hydrogen-bond donors (Lipinski definition) is 1. The summed E-state index contributed by atoms with van der Waals surface area (Å²) in [6.45, 7) is 0. The molecule has 0 amide bonds. The second-order valence-electron chi connectivity index (χ2n) is 4.26. The zero-order valence-electron chi connectivity index (χ0n) is 8.91. The van der Waals surface area contributed by atoms with Crippen LogP contribution in [0.4, 0.5) is 0 Å². The molecule has 88 valence electrons. The predicted octanol–water partition coefficient (Wildman–Crippen LogP) is 0.420. The zero-order chi connectivity index (χ0) is 11.6. The van der Waals surface area contributed by atoms with Crippen molar-refractivity contribution in [2.75, 3.05) is 11.5 Å². The molecule has 0 aromatic carbocycles. The molecule has 2 atom stereocenters. The third kappa shape index (κ3) is 2.80. The maximum atomic E-state index is 11.3. The van der Waals surface area contributed by atoms with Crippen molar-refractivity contribution in [1.82, 2.24) is 4.98 Å². The first-order chi connectivity index (χ1) is 7.57. The molecule has 1 aliphatic rings. The molecule has 1 N–H and O–H groups in total. The summed E-state index contributed by atoms with van der Waals surface area (Å²) < 4.78 is 22.5. The first kappa shape index (κ1) is 11.5. The van der Waals surface area contributed by atoms with Crippen molar-refractivity contribution in [3.05, 3.63) is 30.1 Å². The molecule has 0 saturated carbocycles. The quantitative estimate of drug-likeness (QED) is 0.833. The molecule has 0 spiro atoms. The number of sulfone groups is 1. The van der Waals surface area contributed by atoms with Crippen LogP contribution >= 0.6 is 0 Å². The number of rotatable bonds is 3. The Balaban J connectivity index is 1.97. The molecule has 2 unspecified atom stereocenters. The van der Waals surface area contributed by atoms with Crippen LogP contribution in [-0.2, 0) is 16.3 Å². The first-order valence-corrected chi connectivity index (χ1v) is 7.17. The number of pyridine rings is 1. The summed E-state index contributed by atoms with van der Waals surface area (Å²) in [5.41, 5.74) is 0.805. The van der Waals surface area contributed by atoms with Crippen LogP contribution in [0.3, 0.4) is 0 Å². The van der Waals surface area contributed by atoms with Gasteiger partial charge in [0.25, 0.3) is 0 Å². The van der Waals surface area contributed by atoms with Gasteiger partial charge >= 0.3 is 0 Å². The van der Waals surface area contributed by atoms with E-state index in [-0.39, 0.29) is 17.4 Å². The van der Waals surface area contributed by atoms with Gasteiger partial charge in [0.15, 0.2) is 9.84 Å². The van der Waals surface area contributed by atoms with Crippen molar-refractivity contribution in [3.8, 4) is 0 Å². The summed E-state index contributed by atoms with van der Waals surface area (Å²) >= 11 is 0. The van der Waals surface area contributed by atoms with E-state index in [9.17, 15) is 13.5 Å². The summed E-state index contributed by atoms with van der Waals surface area (Å²) in [4.78, 5) is 4.12. The molecule has 2 heterocycles. The molecule has 1 aromatic heterocycles. The molecule has 0 aliphatic carbocycles. The second kappa shape index (κ2) is 4.51. The minimum atomic E-state index is -2.91. The van der Waals surface area contributed by atoms with E-state index in [0.717, 1.165) is 5.69 Å². The van der Waals surface area contributed by atoms with Crippen molar-refractivity contribution in [1.29, 1.82) is 0 Å². The van der Waals surface area contributed by atoms with Crippen LogP contribution in [0.25, 0.3) is 0 Å². The number of nitrogens with zero attached hydrogens (tertiary/aromatic N) is 1. The fourth-order valence-corrected chi connectivity index (χ4v) is 3.90. The van der Waals surface area contributed by atoms with E-state index in [1.54, 1.807) is 6.20 Å². The number of aromatic nitrogens is 1. The highest BCUT2D eigenvalue weighted by Gasteiger charge is 2.32. The highest BCUT2D eigenvalue weighted by Crippen LogP contribution is 2.23. The van der Waals surface area contributed by atoms with Gasteiger partial charge in [-0.1, -0.05) is 6.07 Å². The van der Waals surface area contributed by atoms with E-state index in [2.05, 4.69) is 4.98 Å². The SMILES string of the molecule is O=S1(=O)CCC(C(O)Cc2ccccn2)C1. The fourth-order valence-electron chi connectivity index (χ4n) is 2.03. The Morgan fingerprint density at radius 2 is 2.31 bits per heavy atom. The van der Waals surface area contributed by atoms with Gasteiger partial charge in [0.2, 0.25) is 0 Å². The Morgan fingerprint density at radius 3 is 2.88 bits per heavy atom. The van der Waals surface area contributed by atoms with E-state index in [0.29, 0.717) is 12.8 Å². The summed E-state index contributed by atoms with van der Waals surface area (Å²) in [5.74, 6) is 0.185. The third-order valence-corrected chi connectivity index (χ3v) is 4.75. The van der Waals surface area contributed by atoms with Gasteiger partial charge in [-0.25, -0.2) is 8.42 Å². The van der Waals surface area contributed by atoms with Crippen molar-refractivity contribution in [2.45, 2.75) is 18.9 Å². The maximum Gasteiger partial charge on any atom is 0.150 e. The topological polar surface area (TPSA) is 67.3 Å². The lowest BCUT2D eigenvalue weighted by atomic mass is 9.98. The van der Waals surface area contributed by atoms with Gasteiger partial charge < -0.3 is 5.11 Å². The van der Waals surface area contributed by atoms with Crippen LogP contribution in [0.1, 0.15) is 12.1 Å². The van der Waals surface area contributed by atoms with Crippen LogP contribution in [0, 0.1) is 5.92 Å². The number of aliphatic hydroxyl groups excluding tert-OH is 1. The first-order valence-electron chi connectivity index (χ1n) is 5.35. The molecule has 0 bridgehead atoms. The Bertz CT molecular complexity index is 444. The number of aliphatic hydroxyl groups is 1. The highest BCUT2D eigenvalue weighted by atomic mass is 32.2. The van der Waals surface area contributed by atoms with Gasteiger partial charge in [0, 0.05) is 24.2 Å². The average molecular weight is 241 g/mol. The summed E-state index contributed by atoms with van der Waals surface area (Å²) in [6, 6.07) is 5.52. The van der Waals surface area contributed by atoms with E-state index in [4.69, 9.17) is 0 Å². The highest BCUT2D eigenvalue weighted by molar-refractivity contribution is 7.91. The molecule has 5 heteroatoms. The molecule has 1 aliphatic heterocycles. The van der Waals surface area contributed by atoms with Gasteiger partial charge in [0.1, 0.15) is 0 Å². The largest absolute Gasteiger partial charge is 0.392 e. The Kier molecular flexibility index (Phi) is 3.25. The minimum absolute atomic E-state index is 0.112. The molecule has 1 saturated heterocycles. The molecular formula is C11H15NO3S. The molecule has 1 fully saturated rings. The van der Waals surface area contributed by atoms with E-state index < -0.39 is 15.9 Å². The Morgan fingerprint density at radius 1 is 1.50 bits per heavy atom. The zero-order valence-corrected chi connectivity index (χ0v) is 9.73. The van der Waals surface area contributed by atoms with Crippen LogP contribution in [-0.4, -0.2) is 36.1 Å². The van der Waals surface area contributed by atoms with Crippen molar-refractivity contribution in [2.24, 2.45) is 5.92 Å². The predicted molar refractivity (Wildman–Crippen MR) is 60.7 cm³/mol. The number of hydrogen-bond acceptors (Lipinski definition) is 4. The molecule has 16 heavy (non-hydrogen) atoms. The summed E-state index contributed by atoms with van der Waals surface area (Å²) in [7, 11) is -2.91. The Hall–Kier alpha value is -0.940. The molecule has 4 nitrogen and oxygen atoms in total. The lowest BCUT2D eigenvalue weighted by Crippen LogP contribution is -2.24. The normalized spacial score (nSPS) is 25.4. The standard InChI is InChI=1S/C11H15NO3S/c13-11(7-10-3-1-2-5-12-10)9-4-6-16(14,15)8-9/h1-3,5,9,11,13H,4,6-8H2. The van der Waals surface area contributed by atoms with E-state index in [1.807, 2.05) is 18.2 Å². The van der Waals surface area contributed by atoms with E-state index >= 15 is 0 Å². The average Bonchev–Trinajstić information content (AvgIpc) is 2.60. The van der Waals surface area contributed by atoms with Crippen LogP contribution in [0.15, 0.2) is 24.4 Å². The van der Waals surface area contributed by atoms with E-state index in [1.165, 1.54) is 0 Å². The lowest BCUT2D eigenvalue weighted by Gasteiger charge is -2.15. The summed E-state index contributed by atoms with van der Waals surface area (Å²) in [6.07, 6.45) is 2.07. The molecule has 0 radical (unpaired) electrons. The monoisotopic (exact) mass is 241 g/mol. The van der Waals surface area contributed by atoms with Crippen molar-refractivity contribution in [3.63, 3.8) is 0 Å². The smallest absolute Gasteiger partial charge is 0.150 e. The second-order valence-corrected chi connectivity index (χ2v) is 6.48. The molecule has 2 rings (SSSR count). The Labute approximate surface area is 95.3 Å². The maximum absolute atomic E-state index is 11.3. The molecular weight excluding hydrogens is 226 g/mol. The van der Waals surface area contributed by atoms with Crippen molar-refractivity contribution >= 4 is 9.84 Å². The van der Waals surface area contributed by atoms with Gasteiger partial charge in [0.05, 0.1) is 17.6 Å². The van der Waals surface area contributed by atoms with Crippen LogP contribution in [0.5, 0.6) is 0 Å². The van der Waals surface area contributed by atoms with Gasteiger partial charge in [-0.15, -0.1) is 0 Å². The van der Waals surface area contributed by atoms with Crippen LogP contribution < -0.4 is 0 Å². The third-order valence-electron chi connectivity index (χ3n) is 2.96. The lowest BCUT2D eigenvalue weighted by molar-refractivity contribution is 0.119. The minimum Gasteiger partial charge on any atom is -0.392 e. The fraction of sp³-hybridized carbons (Fsp3) is 0.545. The van der Waals surface area contributed by atoms with Gasteiger partial charge in [-0.3, -0.25) is 4.98 Å².